The lowest BCUT2D eigenvalue weighted by molar-refractivity contribution is 0.596. The summed E-state index contributed by atoms with van der Waals surface area (Å²) in [6.07, 6.45) is 4.24. The van der Waals surface area contributed by atoms with Gasteiger partial charge in [0.2, 0.25) is 0 Å². The molecule has 2 heteroatoms. The standard InChI is InChI=1S/C13H12N2/c1-13(10-14,11-15)9-5-8-12-6-3-2-4-7-12/h2-8H,9H2,1H3/b8-5+. The fraction of sp³-hybridized carbons (Fsp3) is 0.231. The molecule has 1 aromatic rings. The number of nitriles is 2. The number of rotatable bonds is 3. The molecule has 0 atom stereocenters. The molecule has 0 aromatic heterocycles. The van der Waals surface area contributed by atoms with E-state index in [9.17, 15) is 0 Å². The molecular weight excluding hydrogens is 184 g/mol. The lowest BCUT2D eigenvalue weighted by atomic mass is 9.90. The van der Waals surface area contributed by atoms with Gasteiger partial charge in [0.15, 0.2) is 0 Å². The van der Waals surface area contributed by atoms with Gasteiger partial charge in [-0.05, 0) is 18.9 Å². The van der Waals surface area contributed by atoms with E-state index in [2.05, 4.69) is 0 Å². The molecule has 0 heterocycles. The van der Waals surface area contributed by atoms with Crippen LogP contribution in [0.25, 0.3) is 6.08 Å². The van der Waals surface area contributed by atoms with Crippen LogP contribution in [0.3, 0.4) is 0 Å². The van der Waals surface area contributed by atoms with E-state index in [1.807, 2.05) is 54.6 Å². The lowest BCUT2D eigenvalue weighted by Gasteiger charge is -2.07. The minimum absolute atomic E-state index is 0.453. The van der Waals surface area contributed by atoms with Gasteiger partial charge in [-0.15, -0.1) is 0 Å². The molecule has 1 rings (SSSR count). The van der Waals surface area contributed by atoms with E-state index in [-0.39, 0.29) is 0 Å². The summed E-state index contributed by atoms with van der Waals surface area (Å²) < 4.78 is 0. The van der Waals surface area contributed by atoms with Gasteiger partial charge in [0.25, 0.3) is 0 Å². The Morgan fingerprint density at radius 2 is 1.80 bits per heavy atom. The molecule has 0 unspecified atom stereocenters. The smallest absolute Gasteiger partial charge is 0.144 e. The first kappa shape index (κ1) is 11.0. The lowest BCUT2D eigenvalue weighted by Crippen LogP contribution is -2.08. The van der Waals surface area contributed by atoms with Crippen molar-refractivity contribution in [1.29, 1.82) is 10.5 Å². The molecule has 0 N–H and O–H groups in total. The largest absolute Gasteiger partial charge is 0.197 e. The molecule has 15 heavy (non-hydrogen) atoms. The molecular formula is C13H12N2. The van der Waals surface area contributed by atoms with Gasteiger partial charge in [-0.2, -0.15) is 10.5 Å². The monoisotopic (exact) mass is 196 g/mol. The molecule has 0 saturated carbocycles. The van der Waals surface area contributed by atoms with Crippen molar-refractivity contribution in [3.8, 4) is 12.1 Å². The fourth-order valence-electron chi connectivity index (χ4n) is 1.11. The Balaban J connectivity index is 2.63. The second-order valence-electron chi connectivity index (χ2n) is 3.57. The van der Waals surface area contributed by atoms with Crippen LogP contribution in [-0.2, 0) is 0 Å². The SMILES string of the molecule is CC(C#N)(C#N)C/C=C/c1ccccc1. The minimum atomic E-state index is -0.911. The van der Waals surface area contributed by atoms with Crippen LogP contribution in [0.4, 0.5) is 0 Å². The number of hydrogen-bond donors (Lipinski definition) is 0. The molecule has 74 valence electrons. The highest BCUT2D eigenvalue weighted by atomic mass is 14.4. The third-order valence-corrected chi connectivity index (χ3v) is 2.13. The molecule has 0 aliphatic carbocycles. The van der Waals surface area contributed by atoms with Crippen molar-refractivity contribution in [1.82, 2.24) is 0 Å². The molecule has 1 aromatic carbocycles. The predicted molar refractivity (Wildman–Crippen MR) is 59.4 cm³/mol. The highest BCUT2D eigenvalue weighted by Gasteiger charge is 2.20. The maximum atomic E-state index is 8.78. The highest BCUT2D eigenvalue weighted by Crippen LogP contribution is 2.19. The summed E-state index contributed by atoms with van der Waals surface area (Å²) in [5, 5.41) is 17.6. The zero-order valence-electron chi connectivity index (χ0n) is 8.64. The molecule has 0 radical (unpaired) electrons. The Bertz CT molecular complexity index is 404. The van der Waals surface area contributed by atoms with E-state index >= 15 is 0 Å². The first-order chi connectivity index (χ1) is 7.20. The molecule has 0 bridgehead atoms. The second kappa shape index (κ2) is 4.98. The van der Waals surface area contributed by atoms with Crippen LogP contribution < -0.4 is 0 Å². The van der Waals surface area contributed by atoms with Gasteiger partial charge in [0.05, 0.1) is 12.1 Å². The van der Waals surface area contributed by atoms with Crippen LogP contribution in [0.2, 0.25) is 0 Å². The molecule has 0 fully saturated rings. The summed E-state index contributed by atoms with van der Waals surface area (Å²) in [5.74, 6) is 0. The molecule has 0 aliphatic heterocycles. The van der Waals surface area contributed by atoms with Crippen LogP contribution in [0.1, 0.15) is 18.9 Å². The molecule has 0 aliphatic rings. The molecule has 0 amide bonds. The van der Waals surface area contributed by atoms with Gasteiger partial charge in [-0.1, -0.05) is 42.5 Å². The molecule has 0 saturated heterocycles. The maximum absolute atomic E-state index is 8.78. The van der Waals surface area contributed by atoms with Gasteiger partial charge in [-0.25, -0.2) is 0 Å². The average Bonchev–Trinajstić information content (AvgIpc) is 2.30. The zero-order chi connectivity index (χ0) is 11.1. The summed E-state index contributed by atoms with van der Waals surface area (Å²) in [6, 6.07) is 13.8. The maximum Gasteiger partial charge on any atom is 0.144 e. The minimum Gasteiger partial charge on any atom is -0.197 e. The summed E-state index contributed by atoms with van der Waals surface area (Å²) in [4.78, 5) is 0. The Morgan fingerprint density at radius 1 is 1.20 bits per heavy atom. The summed E-state index contributed by atoms with van der Waals surface area (Å²) in [5.41, 5.74) is 0.168. The summed E-state index contributed by atoms with van der Waals surface area (Å²) in [7, 11) is 0. The third-order valence-electron chi connectivity index (χ3n) is 2.13. The van der Waals surface area contributed by atoms with E-state index in [1.54, 1.807) is 6.92 Å². The van der Waals surface area contributed by atoms with Crippen molar-refractivity contribution in [3.63, 3.8) is 0 Å². The average molecular weight is 196 g/mol. The summed E-state index contributed by atoms with van der Waals surface area (Å²) >= 11 is 0. The van der Waals surface area contributed by atoms with Crippen molar-refractivity contribution in [2.45, 2.75) is 13.3 Å². The number of nitrogens with zero attached hydrogens (tertiary/aromatic N) is 2. The first-order valence-corrected chi connectivity index (χ1v) is 4.74. The van der Waals surface area contributed by atoms with Crippen LogP contribution in [0.5, 0.6) is 0 Å². The van der Waals surface area contributed by atoms with Crippen LogP contribution >= 0.6 is 0 Å². The quantitative estimate of drug-likeness (QED) is 0.745. The zero-order valence-corrected chi connectivity index (χ0v) is 8.64. The topological polar surface area (TPSA) is 47.6 Å². The van der Waals surface area contributed by atoms with E-state index in [4.69, 9.17) is 10.5 Å². The molecule has 0 spiro atoms. The van der Waals surface area contributed by atoms with Crippen molar-refractivity contribution in [2.75, 3.05) is 0 Å². The van der Waals surface area contributed by atoms with E-state index in [0.717, 1.165) is 5.56 Å². The van der Waals surface area contributed by atoms with Gasteiger partial charge in [-0.3, -0.25) is 0 Å². The van der Waals surface area contributed by atoms with Crippen LogP contribution in [-0.4, -0.2) is 0 Å². The summed E-state index contributed by atoms with van der Waals surface area (Å²) in [6.45, 7) is 1.64. The second-order valence-corrected chi connectivity index (χ2v) is 3.57. The van der Waals surface area contributed by atoms with Gasteiger partial charge in [0, 0.05) is 0 Å². The normalized spacial score (nSPS) is 10.9. The van der Waals surface area contributed by atoms with Gasteiger partial charge < -0.3 is 0 Å². The van der Waals surface area contributed by atoms with E-state index in [0.29, 0.717) is 6.42 Å². The molecule has 2 nitrogen and oxygen atoms in total. The Labute approximate surface area is 90.1 Å². The van der Waals surface area contributed by atoms with Crippen molar-refractivity contribution in [2.24, 2.45) is 5.41 Å². The van der Waals surface area contributed by atoms with E-state index in [1.165, 1.54) is 0 Å². The fourth-order valence-corrected chi connectivity index (χ4v) is 1.11. The number of benzene rings is 1. The highest BCUT2D eigenvalue weighted by molar-refractivity contribution is 5.48. The van der Waals surface area contributed by atoms with Crippen molar-refractivity contribution >= 4 is 6.08 Å². The van der Waals surface area contributed by atoms with Crippen molar-refractivity contribution in [3.05, 3.63) is 42.0 Å². The Kier molecular flexibility index (Phi) is 3.66. The third kappa shape index (κ3) is 3.29. The van der Waals surface area contributed by atoms with Crippen molar-refractivity contribution < 1.29 is 0 Å². The number of hydrogen-bond acceptors (Lipinski definition) is 2. The Hall–Kier alpha value is -2.06. The predicted octanol–water partition coefficient (Wildman–Crippen LogP) is 3.14. The van der Waals surface area contributed by atoms with Gasteiger partial charge >= 0.3 is 0 Å². The van der Waals surface area contributed by atoms with E-state index < -0.39 is 5.41 Å². The Morgan fingerprint density at radius 3 is 2.33 bits per heavy atom. The van der Waals surface area contributed by atoms with Crippen LogP contribution in [0, 0.1) is 28.1 Å². The first-order valence-electron chi connectivity index (χ1n) is 4.74. The van der Waals surface area contributed by atoms with Crippen LogP contribution in [0.15, 0.2) is 36.4 Å². The van der Waals surface area contributed by atoms with Gasteiger partial charge in [0.1, 0.15) is 5.41 Å². The number of allylic oxidation sites excluding steroid dienone is 1.